The van der Waals surface area contributed by atoms with Crippen molar-refractivity contribution in [3.63, 3.8) is 0 Å². The van der Waals surface area contributed by atoms with Crippen LogP contribution in [0.2, 0.25) is 0 Å². The number of fused-ring (bicyclic) bond motifs is 1. The first-order chi connectivity index (χ1) is 18.1. The maximum atomic E-state index is 13.3. The fourth-order valence-corrected chi connectivity index (χ4v) is 4.30. The van der Waals surface area contributed by atoms with Gasteiger partial charge in [-0.25, -0.2) is 4.79 Å². The number of carbonyl (C=O) groups is 5. The van der Waals surface area contributed by atoms with Crippen LogP contribution in [0.1, 0.15) is 24.8 Å². The topological polar surface area (TPSA) is 204 Å². The third-order valence-electron chi connectivity index (χ3n) is 5.77. The van der Waals surface area contributed by atoms with E-state index in [-0.39, 0.29) is 25.0 Å². The summed E-state index contributed by atoms with van der Waals surface area (Å²) in [5, 5.41) is 26.8. The van der Waals surface area contributed by atoms with Crippen molar-refractivity contribution in [1.29, 1.82) is 0 Å². The quantitative estimate of drug-likeness (QED) is 0.130. The average Bonchev–Trinajstić information content (AvgIpc) is 3.30. The highest BCUT2D eigenvalue weighted by atomic mass is 32.2. The number of carboxylic acid groups (broad SMARTS) is 2. The van der Waals surface area contributed by atoms with Crippen LogP contribution in [-0.2, 0) is 30.4 Å². The van der Waals surface area contributed by atoms with Crippen molar-refractivity contribution in [3.8, 4) is 0 Å². The largest absolute Gasteiger partial charge is 0.481 e. The number of hydrogen-bond acceptors (Lipinski definition) is 8. The predicted octanol–water partition coefficient (Wildman–Crippen LogP) is 0.124. The van der Waals surface area contributed by atoms with E-state index in [2.05, 4.69) is 33.6 Å². The van der Waals surface area contributed by atoms with Gasteiger partial charge in [0.2, 0.25) is 17.7 Å². The Hall–Kier alpha value is -3.23. The molecule has 12 nitrogen and oxygen atoms in total. The second kappa shape index (κ2) is 15.2. The molecule has 4 atom stereocenters. The molecule has 0 aliphatic heterocycles. The van der Waals surface area contributed by atoms with Crippen molar-refractivity contribution in [3.05, 3.63) is 36.0 Å². The number of amides is 3. The minimum absolute atomic E-state index is 0.00616. The summed E-state index contributed by atoms with van der Waals surface area (Å²) in [4.78, 5) is 64.5. The minimum Gasteiger partial charge on any atom is -0.481 e. The summed E-state index contributed by atoms with van der Waals surface area (Å²) in [6.45, 7) is 0. The highest BCUT2D eigenvalue weighted by Crippen LogP contribution is 2.19. The van der Waals surface area contributed by atoms with Crippen LogP contribution >= 0.6 is 24.4 Å². The molecular weight excluding hydrogens is 534 g/mol. The molecule has 38 heavy (non-hydrogen) atoms. The van der Waals surface area contributed by atoms with Gasteiger partial charge in [0.15, 0.2) is 0 Å². The van der Waals surface area contributed by atoms with Crippen molar-refractivity contribution in [2.45, 2.75) is 49.9 Å². The molecule has 14 heteroatoms. The normalized spacial score (nSPS) is 14.2. The number of thioether (sulfide) groups is 1. The van der Waals surface area contributed by atoms with E-state index in [0.29, 0.717) is 11.3 Å². The van der Waals surface area contributed by atoms with Gasteiger partial charge in [0, 0.05) is 35.7 Å². The molecule has 0 saturated heterocycles. The lowest BCUT2D eigenvalue weighted by atomic mass is 10.0. The van der Waals surface area contributed by atoms with E-state index in [1.165, 1.54) is 11.8 Å². The Morgan fingerprint density at radius 3 is 2.24 bits per heavy atom. The van der Waals surface area contributed by atoms with Crippen molar-refractivity contribution in [2.24, 2.45) is 5.73 Å². The van der Waals surface area contributed by atoms with Crippen LogP contribution in [-0.4, -0.2) is 86.8 Å². The van der Waals surface area contributed by atoms with Gasteiger partial charge in [-0.1, -0.05) is 18.2 Å². The predicted molar refractivity (Wildman–Crippen MR) is 147 cm³/mol. The summed E-state index contributed by atoms with van der Waals surface area (Å²) in [5.74, 6) is -4.02. The fourth-order valence-electron chi connectivity index (χ4n) is 3.67. The van der Waals surface area contributed by atoms with Crippen LogP contribution in [0, 0.1) is 0 Å². The van der Waals surface area contributed by atoms with Gasteiger partial charge in [-0.05, 0) is 36.5 Å². The first-order valence-corrected chi connectivity index (χ1v) is 13.9. The molecule has 0 spiro atoms. The van der Waals surface area contributed by atoms with E-state index >= 15 is 0 Å². The SMILES string of the molecule is CSCCC(NC(=O)C(N)CS)C(=O)NC(Cc1c[nH]c2ccccc12)C(=O)NC(CCC(=O)O)C(=O)O. The van der Waals surface area contributed by atoms with Gasteiger partial charge in [0.05, 0.1) is 6.04 Å². The molecule has 2 aromatic rings. The molecule has 0 radical (unpaired) electrons. The van der Waals surface area contributed by atoms with E-state index in [4.69, 9.17) is 10.8 Å². The van der Waals surface area contributed by atoms with Gasteiger partial charge >= 0.3 is 11.9 Å². The van der Waals surface area contributed by atoms with Crippen LogP contribution in [0.15, 0.2) is 30.5 Å². The Balaban J connectivity index is 2.31. The second-order valence-corrected chi connectivity index (χ2v) is 9.94. The Bertz CT molecular complexity index is 1140. The van der Waals surface area contributed by atoms with Crippen molar-refractivity contribution in [1.82, 2.24) is 20.9 Å². The number of aromatic nitrogens is 1. The standard InChI is InChI=1S/C24H33N5O7S2/c1-38-9-8-17(27-21(32)15(25)12-37)22(33)29-19(10-13-11-26-16-5-3-2-4-14(13)16)23(34)28-18(24(35)36)6-7-20(30)31/h2-5,11,15,17-19,26,37H,6-10,12,25H2,1H3,(H,27,32)(H,28,34)(H,29,33)(H,30,31)(H,35,36). The molecule has 0 aliphatic carbocycles. The molecule has 2 rings (SSSR count). The van der Waals surface area contributed by atoms with Gasteiger partial charge in [-0.2, -0.15) is 24.4 Å². The molecule has 0 aliphatic rings. The average molecular weight is 568 g/mol. The highest BCUT2D eigenvalue weighted by molar-refractivity contribution is 7.98. The number of rotatable bonds is 16. The zero-order valence-corrected chi connectivity index (χ0v) is 22.5. The number of hydrogen-bond donors (Lipinski definition) is 8. The Kier molecular flexibility index (Phi) is 12.4. The Morgan fingerprint density at radius 2 is 1.61 bits per heavy atom. The van der Waals surface area contributed by atoms with Crippen LogP contribution in [0.3, 0.4) is 0 Å². The third kappa shape index (κ3) is 9.26. The number of benzene rings is 1. The number of aliphatic carboxylic acids is 2. The van der Waals surface area contributed by atoms with Gasteiger partial charge in [-0.15, -0.1) is 0 Å². The zero-order chi connectivity index (χ0) is 28.2. The molecule has 8 N–H and O–H groups in total. The van der Waals surface area contributed by atoms with Crippen LogP contribution in [0.25, 0.3) is 10.9 Å². The fraction of sp³-hybridized carbons (Fsp3) is 0.458. The number of carbonyl (C=O) groups excluding carboxylic acids is 3. The summed E-state index contributed by atoms with van der Waals surface area (Å²) >= 11 is 5.47. The number of H-pyrrole nitrogens is 1. The summed E-state index contributed by atoms with van der Waals surface area (Å²) in [6.07, 6.45) is 2.99. The number of nitrogens with one attached hydrogen (secondary N) is 4. The van der Waals surface area contributed by atoms with Gasteiger partial charge in [0.25, 0.3) is 0 Å². The molecule has 1 heterocycles. The molecule has 208 valence electrons. The molecular formula is C24H33N5O7S2. The lowest BCUT2D eigenvalue weighted by Gasteiger charge is -2.25. The lowest BCUT2D eigenvalue weighted by molar-refractivity contribution is -0.143. The number of aromatic amines is 1. The van der Waals surface area contributed by atoms with Crippen LogP contribution < -0.4 is 21.7 Å². The lowest BCUT2D eigenvalue weighted by Crippen LogP contribution is -2.58. The second-order valence-electron chi connectivity index (χ2n) is 8.59. The smallest absolute Gasteiger partial charge is 0.326 e. The van der Waals surface area contributed by atoms with E-state index in [0.717, 1.165) is 10.9 Å². The van der Waals surface area contributed by atoms with E-state index in [9.17, 15) is 29.1 Å². The number of carboxylic acids is 2. The summed E-state index contributed by atoms with van der Waals surface area (Å²) in [7, 11) is 0. The first kappa shape index (κ1) is 31.0. The molecule has 4 unspecified atom stereocenters. The van der Waals surface area contributed by atoms with Crippen molar-refractivity contribution >= 4 is 65.0 Å². The van der Waals surface area contributed by atoms with Gasteiger partial charge in [-0.3, -0.25) is 19.2 Å². The molecule has 0 bridgehead atoms. The summed E-state index contributed by atoms with van der Waals surface area (Å²) < 4.78 is 0. The van der Waals surface area contributed by atoms with E-state index < -0.39 is 60.2 Å². The minimum atomic E-state index is -1.47. The molecule has 0 saturated carbocycles. The monoisotopic (exact) mass is 567 g/mol. The third-order valence-corrected chi connectivity index (χ3v) is 6.81. The van der Waals surface area contributed by atoms with E-state index in [1.807, 2.05) is 30.5 Å². The molecule has 3 amide bonds. The van der Waals surface area contributed by atoms with Crippen molar-refractivity contribution < 1.29 is 34.2 Å². The number of thiol groups is 1. The molecule has 1 aromatic heterocycles. The number of nitrogens with two attached hydrogens (primary N) is 1. The molecule has 0 fully saturated rings. The first-order valence-electron chi connectivity index (χ1n) is 11.8. The van der Waals surface area contributed by atoms with Crippen LogP contribution in [0.5, 0.6) is 0 Å². The molecule has 1 aromatic carbocycles. The highest BCUT2D eigenvalue weighted by Gasteiger charge is 2.31. The zero-order valence-electron chi connectivity index (χ0n) is 20.8. The van der Waals surface area contributed by atoms with Gasteiger partial charge < -0.3 is 36.9 Å². The van der Waals surface area contributed by atoms with Crippen molar-refractivity contribution in [2.75, 3.05) is 17.8 Å². The van der Waals surface area contributed by atoms with Crippen LogP contribution in [0.4, 0.5) is 0 Å². The Morgan fingerprint density at radius 1 is 0.974 bits per heavy atom. The maximum absolute atomic E-state index is 13.3. The summed E-state index contributed by atoms with van der Waals surface area (Å²) in [6, 6.07) is 2.71. The maximum Gasteiger partial charge on any atom is 0.326 e. The summed E-state index contributed by atoms with van der Waals surface area (Å²) in [5.41, 5.74) is 7.23. The van der Waals surface area contributed by atoms with E-state index in [1.54, 1.807) is 6.20 Å². The number of para-hydroxylation sites is 1. The van der Waals surface area contributed by atoms with Gasteiger partial charge in [0.1, 0.15) is 18.1 Å². The Labute approximate surface area is 229 Å².